The number of para-hydroxylation sites is 1. The Labute approximate surface area is 173 Å². The number of aliphatic hydroxyl groups excluding tert-OH is 1. The van der Waals surface area contributed by atoms with Crippen molar-refractivity contribution in [2.45, 2.75) is 38.1 Å². The van der Waals surface area contributed by atoms with Gasteiger partial charge in [0, 0.05) is 24.3 Å². The number of Topliss-reactive ketones (excluding diaryl/α,β-unsaturated/α-hetero) is 1. The van der Waals surface area contributed by atoms with Crippen LogP contribution in [0.5, 0.6) is 5.75 Å². The molecule has 1 aromatic heterocycles. The molecule has 0 amide bonds. The van der Waals surface area contributed by atoms with Crippen LogP contribution in [-0.4, -0.2) is 38.9 Å². The smallest absolute Gasteiger partial charge is 0.262 e. The van der Waals surface area contributed by atoms with E-state index in [1.54, 1.807) is 34.9 Å². The highest BCUT2D eigenvalue weighted by atomic mass is 32.2. The van der Waals surface area contributed by atoms with Crippen LogP contribution in [0.1, 0.15) is 30.6 Å². The van der Waals surface area contributed by atoms with Crippen molar-refractivity contribution in [3.05, 3.63) is 64.4 Å². The maximum atomic E-state index is 12.6. The number of carbonyl (C=O) groups excluding carboxylic acids is 1. The largest absolute Gasteiger partial charge is 0.491 e. The predicted molar refractivity (Wildman–Crippen MR) is 115 cm³/mol. The zero-order valence-electron chi connectivity index (χ0n) is 16.5. The van der Waals surface area contributed by atoms with Crippen LogP contribution in [0.2, 0.25) is 0 Å². The highest BCUT2D eigenvalue weighted by Crippen LogP contribution is 2.19. The molecule has 3 rings (SSSR count). The van der Waals surface area contributed by atoms with E-state index in [1.165, 1.54) is 11.8 Å². The van der Waals surface area contributed by atoms with Gasteiger partial charge in [0.1, 0.15) is 12.4 Å². The fourth-order valence-corrected chi connectivity index (χ4v) is 3.86. The number of aliphatic hydroxyl groups is 1. The van der Waals surface area contributed by atoms with Gasteiger partial charge in [-0.25, -0.2) is 4.98 Å². The number of thioether (sulfide) groups is 1. The summed E-state index contributed by atoms with van der Waals surface area (Å²) in [6.45, 7) is 4.34. The molecular weight excluding hydrogens is 388 g/mol. The first kappa shape index (κ1) is 21.1. The van der Waals surface area contributed by atoms with Gasteiger partial charge >= 0.3 is 0 Å². The molecule has 0 aliphatic rings. The summed E-state index contributed by atoms with van der Waals surface area (Å²) in [6, 6.07) is 14.2. The van der Waals surface area contributed by atoms with Crippen LogP contribution in [0.3, 0.4) is 0 Å². The van der Waals surface area contributed by atoms with E-state index in [0.29, 0.717) is 46.1 Å². The molecule has 2 aromatic carbocycles. The average molecular weight is 413 g/mol. The Morgan fingerprint density at radius 3 is 2.59 bits per heavy atom. The number of hydrogen-bond donors (Lipinski definition) is 1. The zero-order valence-corrected chi connectivity index (χ0v) is 17.3. The Morgan fingerprint density at radius 2 is 1.90 bits per heavy atom. The molecule has 1 heterocycles. The number of benzene rings is 2. The van der Waals surface area contributed by atoms with E-state index < -0.39 is 6.10 Å². The standard InChI is InChI=1S/C22H24N2O4S/c1-3-20(26)15-9-11-17(12-10-15)28-13-16(25)14-29-22-23-19-8-6-5-7-18(19)21(27)24(22)4-2/h5-12,16,25H,3-4,13-14H2,1-2H3/t16-/m1/s1. The fourth-order valence-electron chi connectivity index (χ4n) is 2.89. The van der Waals surface area contributed by atoms with E-state index in [9.17, 15) is 14.7 Å². The SMILES string of the molecule is CCC(=O)c1ccc(OC[C@@H](O)CSc2nc3ccccc3c(=O)n2CC)cc1. The van der Waals surface area contributed by atoms with E-state index in [1.807, 2.05) is 32.0 Å². The summed E-state index contributed by atoms with van der Waals surface area (Å²) in [4.78, 5) is 28.9. The number of fused-ring (bicyclic) bond motifs is 1. The molecule has 3 aromatic rings. The van der Waals surface area contributed by atoms with Crippen LogP contribution < -0.4 is 10.3 Å². The van der Waals surface area contributed by atoms with Crippen molar-refractivity contribution >= 4 is 28.4 Å². The van der Waals surface area contributed by atoms with Gasteiger partial charge in [-0.3, -0.25) is 14.2 Å². The molecule has 0 aliphatic carbocycles. The molecule has 29 heavy (non-hydrogen) atoms. The van der Waals surface area contributed by atoms with Crippen LogP contribution in [0.4, 0.5) is 0 Å². The molecule has 0 saturated carbocycles. The summed E-state index contributed by atoms with van der Waals surface area (Å²) >= 11 is 1.33. The van der Waals surface area contributed by atoms with Crippen molar-refractivity contribution in [1.29, 1.82) is 0 Å². The first-order chi connectivity index (χ1) is 14.0. The van der Waals surface area contributed by atoms with Gasteiger partial charge in [0.15, 0.2) is 10.9 Å². The molecule has 0 radical (unpaired) electrons. The lowest BCUT2D eigenvalue weighted by atomic mass is 10.1. The van der Waals surface area contributed by atoms with E-state index in [4.69, 9.17) is 4.74 Å². The molecule has 0 fully saturated rings. The number of hydrogen-bond acceptors (Lipinski definition) is 6. The second-order valence-electron chi connectivity index (χ2n) is 6.54. The Hall–Kier alpha value is -2.64. The molecule has 0 bridgehead atoms. The maximum absolute atomic E-state index is 12.6. The minimum absolute atomic E-state index is 0.0759. The molecule has 0 spiro atoms. The molecule has 1 N–H and O–H groups in total. The highest BCUT2D eigenvalue weighted by Gasteiger charge is 2.13. The second kappa shape index (κ2) is 9.71. The lowest BCUT2D eigenvalue weighted by molar-refractivity contribution is 0.0987. The van der Waals surface area contributed by atoms with Crippen LogP contribution in [-0.2, 0) is 6.54 Å². The van der Waals surface area contributed by atoms with Crippen molar-refractivity contribution < 1.29 is 14.6 Å². The Bertz CT molecular complexity index is 1050. The zero-order chi connectivity index (χ0) is 20.8. The molecule has 0 saturated heterocycles. The molecule has 0 unspecified atom stereocenters. The van der Waals surface area contributed by atoms with Gasteiger partial charge < -0.3 is 9.84 Å². The van der Waals surface area contributed by atoms with Crippen LogP contribution >= 0.6 is 11.8 Å². The Balaban J connectivity index is 1.61. The lowest BCUT2D eigenvalue weighted by Gasteiger charge is -2.14. The average Bonchev–Trinajstić information content (AvgIpc) is 2.76. The van der Waals surface area contributed by atoms with Crippen LogP contribution in [0.25, 0.3) is 10.9 Å². The van der Waals surface area contributed by atoms with Crippen molar-refractivity contribution in [3.8, 4) is 5.75 Å². The monoisotopic (exact) mass is 412 g/mol. The Morgan fingerprint density at radius 1 is 1.17 bits per heavy atom. The van der Waals surface area contributed by atoms with Gasteiger partial charge in [0.2, 0.25) is 0 Å². The first-order valence-corrected chi connectivity index (χ1v) is 10.6. The predicted octanol–water partition coefficient (Wildman–Crippen LogP) is 3.54. The third-order valence-corrected chi connectivity index (χ3v) is 5.61. The van der Waals surface area contributed by atoms with Gasteiger partial charge in [0.05, 0.1) is 17.0 Å². The topological polar surface area (TPSA) is 81.4 Å². The summed E-state index contributed by atoms with van der Waals surface area (Å²) in [5, 5.41) is 11.5. The summed E-state index contributed by atoms with van der Waals surface area (Å²) in [6.07, 6.45) is -0.271. The lowest BCUT2D eigenvalue weighted by Crippen LogP contribution is -2.24. The number of carbonyl (C=O) groups is 1. The summed E-state index contributed by atoms with van der Waals surface area (Å²) < 4.78 is 7.23. The van der Waals surface area contributed by atoms with Gasteiger partial charge in [-0.05, 0) is 43.3 Å². The van der Waals surface area contributed by atoms with E-state index in [2.05, 4.69) is 4.98 Å². The van der Waals surface area contributed by atoms with Crippen LogP contribution in [0.15, 0.2) is 58.5 Å². The molecule has 7 heteroatoms. The van der Waals surface area contributed by atoms with Gasteiger partial charge in [-0.1, -0.05) is 30.8 Å². The third-order valence-electron chi connectivity index (χ3n) is 4.49. The number of ketones is 1. The molecule has 0 aliphatic heterocycles. The molecule has 6 nitrogen and oxygen atoms in total. The van der Waals surface area contributed by atoms with E-state index in [0.717, 1.165) is 0 Å². The molecule has 1 atom stereocenters. The third kappa shape index (κ3) is 5.05. The van der Waals surface area contributed by atoms with Gasteiger partial charge in [-0.15, -0.1) is 0 Å². The van der Waals surface area contributed by atoms with Gasteiger partial charge in [-0.2, -0.15) is 0 Å². The minimum Gasteiger partial charge on any atom is -0.491 e. The number of nitrogens with zero attached hydrogens (tertiary/aromatic N) is 2. The Kier molecular flexibility index (Phi) is 7.06. The van der Waals surface area contributed by atoms with Crippen molar-refractivity contribution in [2.24, 2.45) is 0 Å². The summed E-state index contributed by atoms with van der Waals surface area (Å²) in [5.41, 5.74) is 1.22. The summed E-state index contributed by atoms with van der Waals surface area (Å²) in [7, 11) is 0. The molecular formula is C22H24N2O4S. The molecule has 152 valence electrons. The highest BCUT2D eigenvalue weighted by molar-refractivity contribution is 7.99. The number of aromatic nitrogens is 2. The second-order valence-corrected chi connectivity index (χ2v) is 7.53. The minimum atomic E-state index is -0.731. The normalized spacial score (nSPS) is 12.1. The fraction of sp³-hybridized carbons (Fsp3) is 0.318. The number of rotatable bonds is 9. The van der Waals surface area contributed by atoms with Gasteiger partial charge in [0.25, 0.3) is 5.56 Å². The van der Waals surface area contributed by atoms with E-state index >= 15 is 0 Å². The maximum Gasteiger partial charge on any atom is 0.262 e. The van der Waals surface area contributed by atoms with Crippen LogP contribution in [0, 0.1) is 0 Å². The number of ether oxygens (including phenoxy) is 1. The summed E-state index contributed by atoms with van der Waals surface area (Å²) in [5.74, 6) is 1.02. The van der Waals surface area contributed by atoms with Crippen molar-refractivity contribution in [2.75, 3.05) is 12.4 Å². The van der Waals surface area contributed by atoms with Crippen molar-refractivity contribution in [3.63, 3.8) is 0 Å². The first-order valence-electron chi connectivity index (χ1n) is 9.60. The van der Waals surface area contributed by atoms with Crippen molar-refractivity contribution in [1.82, 2.24) is 9.55 Å². The quantitative estimate of drug-likeness (QED) is 0.329. The van der Waals surface area contributed by atoms with E-state index in [-0.39, 0.29) is 17.9 Å².